The van der Waals surface area contributed by atoms with Gasteiger partial charge in [-0.2, -0.15) is 5.10 Å². The molecule has 1 saturated heterocycles. The second kappa shape index (κ2) is 10.5. The summed E-state index contributed by atoms with van der Waals surface area (Å²) < 4.78 is 29.6. The highest BCUT2D eigenvalue weighted by Crippen LogP contribution is 2.33. The lowest BCUT2D eigenvalue weighted by Crippen LogP contribution is -2.29. The van der Waals surface area contributed by atoms with Gasteiger partial charge in [0, 0.05) is 29.6 Å². The summed E-state index contributed by atoms with van der Waals surface area (Å²) in [6.07, 6.45) is 8.08. The normalized spacial score (nSPS) is 15.8. The van der Waals surface area contributed by atoms with Crippen molar-refractivity contribution in [1.82, 2.24) is 20.1 Å². The molecule has 1 aliphatic carbocycles. The summed E-state index contributed by atoms with van der Waals surface area (Å²) in [6.45, 7) is 2.43. The number of hydrogen-bond acceptors (Lipinski definition) is 5. The van der Waals surface area contributed by atoms with Crippen LogP contribution in [0.5, 0.6) is 0 Å². The third-order valence-electron chi connectivity index (χ3n) is 7.31. The molecule has 39 heavy (non-hydrogen) atoms. The molecule has 2 aromatic heterocycles. The lowest BCUT2D eigenvalue weighted by Gasteiger charge is -2.26. The van der Waals surface area contributed by atoms with Crippen molar-refractivity contribution in [2.75, 3.05) is 23.7 Å². The van der Waals surface area contributed by atoms with E-state index in [0.717, 1.165) is 38.8 Å². The van der Waals surface area contributed by atoms with Gasteiger partial charge < -0.3 is 10.6 Å². The van der Waals surface area contributed by atoms with Gasteiger partial charge in [-0.1, -0.05) is 12.5 Å². The number of aromatic amines is 1. The summed E-state index contributed by atoms with van der Waals surface area (Å²) in [4.78, 5) is 31.8. The number of likely N-dealkylation sites (tertiary alicyclic amines) is 1. The lowest BCUT2D eigenvalue weighted by molar-refractivity contribution is -0.117. The van der Waals surface area contributed by atoms with Crippen molar-refractivity contribution in [1.29, 1.82) is 0 Å². The standard InChI is InChI=1S/C29H28F2N6O2/c30-22-13-17(16-37-10-2-1-3-11-37)12-20(26(22)31)19-6-7-23-21(14-19)27(36-35-23)29(39)34-25-15-32-9-8-24(25)33-28(38)18-4-5-18/h6-9,12-15,18H,1-5,10-11,16H2,(H,34,39)(H,35,36)(H,32,33,38). The molecule has 0 spiro atoms. The Kier molecular flexibility index (Phi) is 6.78. The molecular formula is C29H28F2N6O2. The predicted octanol–water partition coefficient (Wildman–Crippen LogP) is 5.49. The first-order chi connectivity index (χ1) is 19.0. The van der Waals surface area contributed by atoms with E-state index in [1.807, 2.05) is 0 Å². The van der Waals surface area contributed by atoms with Crippen LogP contribution in [-0.4, -0.2) is 45.0 Å². The van der Waals surface area contributed by atoms with Gasteiger partial charge in [0.05, 0.1) is 23.1 Å². The van der Waals surface area contributed by atoms with Crippen molar-refractivity contribution in [3.8, 4) is 11.1 Å². The van der Waals surface area contributed by atoms with E-state index in [4.69, 9.17) is 0 Å². The Hall–Kier alpha value is -4.18. The number of nitrogens with zero attached hydrogens (tertiary/aromatic N) is 3. The Labute approximate surface area is 223 Å². The number of fused-ring (bicyclic) bond motifs is 1. The molecular weight excluding hydrogens is 502 g/mol. The van der Waals surface area contributed by atoms with E-state index < -0.39 is 17.5 Å². The minimum Gasteiger partial charge on any atom is -0.324 e. The van der Waals surface area contributed by atoms with Crippen molar-refractivity contribution in [3.05, 3.63) is 71.7 Å². The topological polar surface area (TPSA) is 103 Å². The average molecular weight is 531 g/mol. The summed E-state index contributed by atoms with van der Waals surface area (Å²) in [7, 11) is 0. The third-order valence-corrected chi connectivity index (χ3v) is 7.31. The van der Waals surface area contributed by atoms with Crippen LogP contribution in [0.25, 0.3) is 22.0 Å². The summed E-state index contributed by atoms with van der Waals surface area (Å²) >= 11 is 0. The Balaban J connectivity index is 1.28. The van der Waals surface area contributed by atoms with Gasteiger partial charge in [-0.3, -0.25) is 24.6 Å². The number of amides is 2. The van der Waals surface area contributed by atoms with Crippen LogP contribution in [0, 0.1) is 17.6 Å². The van der Waals surface area contributed by atoms with Crippen LogP contribution in [0.4, 0.5) is 20.2 Å². The molecule has 2 fully saturated rings. The van der Waals surface area contributed by atoms with E-state index in [-0.39, 0.29) is 23.1 Å². The molecule has 0 bridgehead atoms. The molecule has 8 nitrogen and oxygen atoms in total. The SMILES string of the molecule is O=C(Nc1cnccc1NC(=O)C1CC1)c1n[nH]c2ccc(-c3cc(CN4CCCCC4)cc(F)c3F)cc12. The van der Waals surface area contributed by atoms with E-state index >= 15 is 0 Å². The van der Waals surface area contributed by atoms with Crippen LogP contribution in [0.2, 0.25) is 0 Å². The first kappa shape index (κ1) is 25.1. The second-order valence-electron chi connectivity index (χ2n) is 10.2. The van der Waals surface area contributed by atoms with Gasteiger partial charge >= 0.3 is 0 Å². The summed E-state index contributed by atoms with van der Waals surface area (Å²) in [5.41, 5.74) is 2.71. The quantitative estimate of drug-likeness (QED) is 0.293. The van der Waals surface area contributed by atoms with Crippen molar-refractivity contribution in [2.24, 2.45) is 5.92 Å². The van der Waals surface area contributed by atoms with Crippen LogP contribution >= 0.6 is 0 Å². The molecule has 10 heteroatoms. The van der Waals surface area contributed by atoms with Crippen molar-refractivity contribution < 1.29 is 18.4 Å². The molecule has 6 rings (SSSR count). The predicted molar refractivity (Wildman–Crippen MR) is 144 cm³/mol. The number of halogens is 2. The highest BCUT2D eigenvalue weighted by atomic mass is 19.2. The van der Waals surface area contributed by atoms with Crippen molar-refractivity contribution >= 4 is 34.1 Å². The van der Waals surface area contributed by atoms with Crippen LogP contribution in [0.1, 0.15) is 48.2 Å². The Bertz CT molecular complexity index is 1560. The monoisotopic (exact) mass is 530 g/mol. The number of aromatic nitrogens is 3. The molecule has 2 aliphatic rings. The highest BCUT2D eigenvalue weighted by molar-refractivity contribution is 6.13. The Morgan fingerprint density at radius 1 is 1.00 bits per heavy atom. The number of rotatable bonds is 7. The number of nitrogens with one attached hydrogen (secondary N) is 3. The smallest absolute Gasteiger partial charge is 0.276 e. The molecule has 0 radical (unpaired) electrons. The average Bonchev–Trinajstić information content (AvgIpc) is 3.71. The zero-order valence-electron chi connectivity index (χ0n) is 21.3. The maximum Gasteiger partial charge on any atom is 0.276 e. The zero-order valence-corrected chi connectivity index (χ0v) is 21.3. The second-order valence-corrected chi connectivity index (χ2v) is 10.2. The molecule has 0 unspecified atom stereocenters. The maximum absolute atomic E-state index is 15.0. The molecule has 2 amide bonds. The molecule has 200 valence electrons. The molecule has 3 heterocycles. The molecule has 2 aromatic carbocycles. The number of benzene rings is 2. The Morgan fingerprint density at radius 3 is 2.62 bits per heavy atom. The zero-order chi connectivity index (χ0) is 26.9. The van der Waals surface area contributed by atoms with Gasteiger partial charge in [-0.25, -0.2) is 8.78 Å². The van der Waals surface area contributed by atoms with E-state index in [1.54, 1.807) is 30.3 Å². The maximum atomic E-state index is 15.0. The summed E-state index contributed by atoms with van der Waals surface area (Å²) in [5, 5.41) is 13.1. The van der Waals surface area contributed by atoms with Crippen LogP contribution in [-0.2, 0) is 11.3 Å². The molecule has 1 aliphatic heterocycles. The number of carbonyl (C=O) groups is 2. The number of pyridine rings is 1. The number of piperidine rings is 1. The largest absolute Gasteiger partial charge is 0.324 e. The van der Waals surface area contributed by atoms with Gasteiger partial charge in [0.1, 0.15) is 0 Å². The van der Waals surface area contributed by atoms with Gasteiger partial charge in [-0.15, -0.1) is 0 Å². The van der Waals surface area contributed by atoms with Crippen molar-refractivity contribution in [3.63, 3.8) is 0 Å². The van der Waals surface area contributed by atoms with Gasteiger partial charge in [0.15, 0.2) is 17.3 Å². The number of anilines is 2. The van der Waals surface area contributed by atoms with Crippen molar-refractivity contribution in [2.45, 2.75) is 38.6 Å². The highest BCUT2D eigenvalue weighted by Gasteiger charge is 2.30. The molecule has 0 atom stereocenters. The number of carbonyl (C=O) groups excluding carboxylic acids is 2. The van der Waals surface area contributed by atoms with E-state index in [2.05, 4.69) is 30.7 Å². The van der Waals surface area contributed by atoms with E-state index in [1.165, 1.54) is 24.9 Å². The fourth-order valence-corrected chi connectivity index (χ4v) is 5.04. The molecule has 3 N–H and O–H groups in total. The van der Waals surface area contributed by atoms with Crippen LogP contribution in [0.15, 0.2) is 48.8 Å². The van der Waals surface area contributed by atoms with E-state index in [9.17, 15) is 18.4 Å². The van der Waals surface area contributed by atoms with Gasteiger partial charge in [0.2, 0.25) is 5.91 Å². The van der Waals surface area contributed by atoms with E-state index in [0.29, 0.717) is 39.9 Å². The minimum absolute atomic E-state index is 0.000917. The van der Waals surface area contributed by atoms with Gasteiger partial charge in [-0.05, 0) is 80.2 Å². The van der Waals surface area contributed by atoms with Crippen LogP contribution < -0.4 is 10.6 Å². The minimum atomic E-state index is -0.933. The molecule has 1 saturated carbocycles. The first-order valence-corrected chi connectivity index (χ1v) is 13.2. The number of hydrogen-bond donors (Lipinski definition) is 3. The third kappa shape index (κ3) is 5.37. The fraction of sp³-hybridized carbons (Fsp3) is 0.310. The summed E-state index contributed by atoms with van der Waals surface area (Å²) in [6, 6.07) is 9.56. The lowest BCUT2D eigenvalue weighted by atomic mass is 9.99. The number of H-pyrrole nitrogens is 1. The Morgan fingerprint density at radius 2 is 1.82 bits per heavy atom. The first-order valence-electron chi connectivity index (χ1n) is 13.2. The van der Waals surface area contributed by atoms with Crippen LogP contribution in [0.3, 0.4) is 0 Å². The molecule has 4 aromatic rings. The fourth-order valence-electron chi connectivity index (χ4n) is 5.04. The summed E-state index contributed by atoms with van der Waals surface area (Å²) in [5.74, 6) is -2.46. The van der Waals surface area contributed by atoms with Gasteiger partial charge in [0.25, 0.3) is 5.91 Å².